The van der Waals surface area contributed by atoms with Gasteiger partial charge in [-0.25, -0.2) is 0 Å². The third-order valence-corrected chi connectivity index (χ3v) is 5.07. The van der Waals surface area contributed by atoms with Crippen LogP contribution in [-0.4, -0.2) is 23.7 Å². The fourth-order valence-corrected chi connectivity index (χ4v) is 3.26. The third kappa shape index (κ3) is 12.7. The minimum Gasteiger partial charge on any atom is -0.746 e. The van der Waals surface area contributed by atoms with Crippen LogP contribution >= 0.6 is 19.4 Å². The minimum atomic E-state index is -4.50. The van der Waals surface area contributed by atoms with Crippen molar-refractivity contribution in [3.63, 3.8) is 0 Å². The molecule has 0 aliphatic heterocycles. The fourth-order valence-electron chi connectivity index (χ4n) is 2.38. The van der Waals surface area contributed by atoms with E-state index in [-0.39, 0.29) is 41.2 Å². The Morgan fingerprint density at radius 1 is 1.12 bits per heavy atom. The number of phosphoric ester groups is 1. The van der Waals surface area contributed by atoms with Crippen molar-refractivity contribution in [3.8, 4) is 5.75 Å². The van der Waals surface area contributed by atoms with Crippen LogP contribution in [0.1, 0.15) is 57.4 Å². The molecule has 26 heavy (non-hydrogen) atoms. The summed E-state index contributed by atoms with van der Waals surface area (Å²) in [5.41, 5.74) is 1.15. The first kappa shape index (κ1) is 26.4. The maximum absolute atomic E-state index is 11.7. The van der Waals surface area contributed by atoms with Crippen molar-refractivity contribution >= 4 is 19.4 Å². The quantitative estimate of drug-likeness (QED) is 0.216. The Balaban J connectivity index is 0.00000625. The molecule has 144 valence electrons. The molecule has 0 fully saturated rings. The van der Waals surface area contributed by atoms with Crippen molar-refractivity contribution in [1.82, 2.24) is 0 Å². The van der Waals surface area contributed by atoms with Crippen LogP contribution in [0.4, 0.5) is 0 Å². The van der Waals surface area contributed by atoms with Gasteiger partial charge in [0.1, 0.15) is 5.75 Å². The molecular formula is C18H29ClNaO5P. The first-order chi connectivity index (χ1) is 12.0. The van der Waals surface area contributed by atoms with Gasteiger partial charge in [-0.3, -0.25) is 4.57 Å². The number of halogens is 1. The first-order valence-corrected chi connectivity index (χ1v) is 10.9. The van der Waals surface area contributed by atoms with E-state index < -0.39 is 20.5 Å². The number of aliphatic hydroxyl groups is 1. The average Bonchev–Trinajstić information content (AvgIpc) is 2.60. The van der Waals surface area contributed by atoms with Crippen molar-refractivity contribution < 1.29 is 53.2 Å². The zero-order valence-corrected chi connectivity index (χ0v) is 19.5. The van der Waals surface area contributed by atoms with E-state index >= 15 is 0 Å². The van der Waals surface area contributed by atoms with Crippen molar-refractivity contribution in [3.05, 3.63) is 29.8 Å². The first-order valence-electron chi connectivity index (χ1n) is 8.95. The zero-order chi connectivity index (χ0) is 18.5. The zero-order valence-electron chi connectivity index (χ0n) is 15.9. The van der Waals surface area contributed by atoms with Crippen LogP contribution in [0.2, 0.25) is 0 Å². The summed E-state index contributed by atoms with van der Waals surface area (Å²) in [6, 6.07) is 6.95. The van der Waals surface area contributed by atoms with Gasteiger partial charge in [0.05, 0.1) is 18.6 Å². The molecule has 0 amide bonds. The Hall–Kier alpha value is 0.420. The van der Waals surface area contributed by atoms with E-state index in [0.29, 0.717) is 0 Å². The number of hydrogen-bond donors (Lipinski definition) is 1. The summed E-state index contributed by atoms with van der Waals surface area (Å²) in [5, 5.41) is 9.21. The molecule has 5 nitrogen and oxygen atoms in total. The van der Waals surface area contributed by atoms with Gasteiger partial charge in [0, 0.05) is 0 Å². The summed E-state index contributed by atoms with van der Waals surface area (Å²) >= 11 is 5.38. The summed E-state index contributed by atoms with van der Waals surface area (Å²) in [6.07, 6.45) is 8.76. The van der Waals surface area contributed by atoms with Crippen molar-refractivity contribution in [2.24, 2.45) is 0 Å². The monoisotopic (exact) mass is 414 g/mol. The molecule has 1 aromatic carbocycles. The molecule has 0 saturated heterocycles. The van der Waals surface area contributed by atoms with E-state index in [9.17, 15) is 14.6 Å². The van der Waals surface area contributed by atoms with E-state index in [1.807, 2.05) is 12.1 Å². The fraction of sp³-hybridized carbons (Fsp3) is 0.667. The molecule has 0 radical (unpaired) electrons. The predicted octanol–water partition coefficient (Wildman–Crippen LogP) is 1.45. The summed E-state index contributed by atoms with van der Waals surface area (Å²) in [4.78, 5) is 11.7. The molecule has 1 N–H and O–H groups in total. The molecule has 2 atom stereocenters. The van der Waals surface area contributed by atoms with Gasteiger partial charge in [0.25, 0.3) is 0 Å². The van der Waals surface area contributed by atoms with Gasteiger partial charge in [-0.15, -0.1) is 11.6 Å². The SMILES string of the molecule is CCCCCCCCCc1ccc(OP(=O)([O-])OCC(O)CCl)cc1.[Na+]. The number of benzene rings is 1. The topological polar surface area (TPSA) is 78.8 Å². The second-order valence-corrected chi connectivity index (χ2v) is 7.80. The number of rotatable bonds is 14. The minimum absolute atomic E-state index is 0. The summed E-state index contributed by atoms with van der Waals surface area (Å²) in [7, 11) is -4.50. The molecule has 1 rings (SSSR count). The number of hydrogen-bond acceptors (Lipinski definition) is 5. The second kappa shape index (κ2) is 15.4. The third-order valence-electron chi connectivity index (χ3n) is 3.81. The van der Waals surface area contributed by atoms with E-state index in [0.717, 1.165) is 18.4 Å². The van der Waals surface area contributed by atoms with Crippen LogP contribution in [0.3, 0.4) is 0 Å². The molecule has 0 aromatic heterocycles. The predicted molar refractivity (Wildman–Crippen MR) is 99.1 cm³/mol. The number of phosphoric acid groups is 1. The van der Waals surface area contributed by atoms with Gasteiger partial charge in [-0.1, -0.05) is 57.6 Å². The Bertz CT molecular complexity index is 515. The van der Waals surface area contributed by atoms with E-state index in [4.69, 9.17) is 16.1 Å². The molecule has 0 aliphatic carbocycles. The second-order valence-electron chi connectivity index (χ2n) is 6.16. The number of aliphatic hydroxyl groups excluding tert-OH is 1. The van der Waals surface area contributed by atoms with Crippen LogP contribution < -0.4 is 39.0 Å². The maximum atomic E-state index is 11.7. The Morgan fingerprint density at radius 2 is 1.69 bits per heavy atom. The van der Waals surface area contributed by atoms with Crippen LogP contribution in [0.15, 0.2) is 24.3 Å². The Kier molecular flexibility index (Phi) is 15.6. The molecule has 0 saturated carbocycles. The van der Waals surface area contributed by atoms with Crippen molar-refractivity contribution in [2.45, 2.75) is 64.4 Å². The Labute approximate surface area is 184 Å². The Morgan fingerprint density at radius 3 is 2.27 bits per heavy atom. The van der Waals surface area contributed by atoms with Gasteiger partial charge in [0.2, 0.25) is 0 Å². The van der Waals surface area contributed by atoms with Crippen LogP contribution in [0.5, 0.6) is 5.75 Å². The molecule has 2 unspecified atom stereocenters. The van der Waals surface area contributed by atoms with Gasteiger partial charge in [-0.2, -0.15) is 0 Å². The number of alkyl halides is 1. The molecule has 0 heterocycles. The van der Waals surface area contributed by atoms with Gasteiger partial charge < -0.3 is 19.0 Å². The van der Waals surface area contributed by atoms with E-state index in [2.05, 4.69) is 11.4 Å². The van der Waals surface area contributed by atoms with Gasteiger partial charge in [-0.05, 0) is 30.5 Å². The van der Waals surface area contributed by atoms with Gasteiger partial charge in [0.15, 0.2) is 0 Å². The molecule has 8 heteroatoms. The molecular weight excluding hydrogens is 386 g/mol. The van der Waals surface area contributed by atoms with Crippen LogP contribution in [-0.2, 0) is 15.5 Å². The van der Waals surface area contributed by atoms with Crippen molar-refractivity contribution in [2.75, 3.05) is 12.5 Å². The standard InChI is InChI=1S/C18H30ClO5P.Na/c1-2-3-4-5-6-7-8-9-16-10-12-18(13-11-16)24-25(21,22)23-15-17(20)14-19;/h10-13,17,20H,2-9,14-15H2,1H3,(H,21,22);/q;+1/p-1. The normalized spacial score (nSPS) is 14.3. The molecule has 1 aromatic rings. The van der Waals surface area contributed by atoms with Crippen molar-refractivity contribution in [1.29, 1.82) is 0 Å². The molecule has 0 bridgehead atoms. The van der Waals surface area contributed by atoms with E-state index in [1.54, 1.807) is 12.1 Å². The molecule has 0 aliphatic rings. The number of aryl methyl sites for hydroxylation is 1. The smallest absolute Gasteiger partial charge is 0.746 e. The van der Waals surface area contributed by atoms with Gasteiger partial charge >= 0.3 is 37.4 Å². The summed E-state index contributed by atoms with van der Waals surface area (Å²) in [6.45, 7) is 1.80. The van der Waals surface area contributed by atoms with Crippen LogP contribution in [0, 0.1) is 0 Å². The maximum Gasteiger partial charge on any atom is 1.00 e. The summed E-state index contributed by atoms with van der Waals surface area (Å²) < 4.78 is 21.1. The largest absolute Gasteiger partial charge is 1.00 e. The average molecular weight is 415 g/mol. The van der Waals surface area contributed by atoms with E-state index in [1.165, 1.54) is 38.5 Å². The summed E-state index contributed by atoms with van der Waals surface area (Å²) in [5.74, 6) is 0.0924. The van der Waals surface area contributed by atoms with Crippen LogP contribution in [0.25, 0.3) is 0 Å². The molecule has 0 spiro atoms. The number of unbranched alkanes of at least 4 members (excludes halogenated alkanes) is 6.